The number of fused-ring (bicyclic) bond motifs is 1. The van der Waals surface area contributed by atoms with Gasteiger partial charge in [-0.15, -0.1) is 11.3 Å². The molecular weight excluding hydrogens is 412 g/mol. The number of nitriles is 1. The van der Waals surface area contributed by atoms with Gasteiger partial charge in [0.05, 0.1) is 5.56 Å². The summed E-state index contributed by atoms with van der Waals surface area (Å²) in [6.45, 7) is 8.18. The molecule has 7 nitrogen and oxygen atoms in total. The van der Waals surface area contributed by atoms with Gasteiger partial charge in [-0.05, 0) is 61.8 Å². The second kappa shape index (κ2) is 7.63. The SMILES string of the molecule is CCC(C)(C)[C@@H]1CCc2c(sc(NC(=O)CN3C(=O)N[C@](C)(C4CC4)C3=O)c2C#N)C1. The number of anilines is 1. The van der Waals surface area contributed by atoms with Crippen molar-refractivity contribution < 1.29 is 14.4 Å². The van der Waals surface area contributed by atoms with Gasteiger partial charge >= 0.3 is 6.03 Å². The number of nitrogens with one attached hydrogen (secondary N) is 2. The molecule has 166 valence electrons. The van der Waals surface area contributed by atoms with E-state index in [9.17, 15) is 19.6 Å². The third-order valence-electron chi connectivity index (χ3n) is 7.64. The monoisotopic (exact) mass is 442 g/mol. The molecule has 2 atom stereocenters. The predicted octanol–water partition coefficient (Wildman–Crippen LogP) is 3.82. The van der Waals surface area contributed by atoms with E-state index >= 15 is 0 Å². The van der Waals surface area contributed by atoms with E-state index in [1.807, 2.05) is 0 Å². The van der Waals surface area contributed by atoms with E-state index in [1.54, 1.807) is 6.92 Å². The van der Waals surface area contributed by atoms with Crippen LogP contribution in [-0.4, -0.2) is 34.8 Å². The summed E-state index contributed by atoms with van der Waals surface area (Å²) in [7, 11) is 0. The van der Waals surface area contributed by atoms with Crippen LogP contribution in [0.5, 0.6) is 0 Å². The third kappa shape index (κ3) is 3.73. The van der Waals surface area contributed by atoms with Crippen molar-refractivity contribution in [1.29, 1.82) is 5.26 Å². The van der Waals surface area contributed by atoms with Crippen LogP contribution in [0.1, 0.15) is 69.4 Å². The van der Waals surface area contributed by atoms with Gasteiger partial charge in [0, 0.05) is 4.88 Å². The lowest BCUT2D eigenvalue weighted by molar-refractivity contribution is -0.134. The van der Waals surface area contributed by atoms with Crippen molar-refractivity contribution in [3.8, 4) is 6.07 Å². The van der Waals surface area contributed by atoms with E-state index < -0.39 is 17.5 Å². The maximum Gasteiger partial charge on any atom is 0.325 e. The smallest absolute Gasteiger partial charge is 0.323 e. The Morgan fingerprint density at radius 3 is 2.68 bits per heavy atom. The van der Waals surface area contributed by atoms with Gasteiger partial charge in [-0.3, -0.25) is 14.5 Å². The molecule has 0 bridgehead atoms. The van der Waals surface area contributed by atoms with E-state index in [-0.39, 0.29) is 23.8 Å². The van der Waals surface area contributed by atoms with Crippen LogP contribution in [0.15, 0.2) is 0 Å². The summed E-state index contributed by atoms with van der Waals surface area (Å²) in [6, 6.07) is 1.74. The molecule has 31 heavy (non-hydrogen) atoms. The summed E-state index contributed by atoms with van der Waals surface area (Å²) in [6.07, 6.45) is 5.70. The minimum Gasteiger partial charge on any atom is -0.323 e. The lowest BCUT2D eigenvalue weighted by Gasteiger charge is -2.36. The molecule has 2 heterocycles. The Bertz CT molecular complexity index is 988. The molecule has 3 aliphatic rings. The van der Waals surface area contributed by atoms with Crippen LogP contribution >= 0.6 is 11.3 Å². The standard InChI is InChI=1S/C23H30N4O3S/c1-5-22(2,3)14-8-9-15-16(11-24)19(31-17(15)10-14)25-18(28)12-27-20(29)23(4,13-6-7-13)26-21(27)30/h13-14H,5-10,12H2,1-4H3,(H,25,28)(H,26,30)/t14-,23-/m1/s1. The number of urea groups is 1. The molecule has 1 aromatic heterocycles. The fourth-order valence-corrected chi connectivity index (χ4v) is 6.15. The molecule has 0 aromatic carbocycles. The van der Waals surface area contributed by atoms with Gasteiger partial charge < -0.3 is 10.6 Å². The van der Waals surface area contributed by atoms with E-state index in [1.165, 1.54) is 16.2 Å². The summed E-state index contributed by atoms with van der Waals surface area (Å²) in [5, 5.41) is 15.8. The first-order chi connectivity index (χ1) is 14.6. The van der Waals surface area contributed by atoms with Gasteiger partial charge in [0.15, 0.2) is 0 Å². The van der Waals surface area contributed by atoms with Crippen LogP contribution in [0.3, 0.4) is 0 Å². The quantitative estimate of drug-likeness (QED) is 0.654. The highest BCUT2D eigenvalue weighted by atomic mass is 32.1. The number of carbonyl (C=O) groups excluding carboxylic acids is 3. The summed E-state index contributed by atoms with van der Waals surface area (Å²) in [4.78, 5) is 40.0. The lowest BCUT2D eigenvalue weighted by Crippen LogP contribution is -2.46. The maximum absolute atomic E-state index is 12.8. The molecule has 2 aliphatic carbocycles. The average Bonchev–Trinajstić information content (AvgIpc) is 3.49. The Morgan fingerprint density at radius 2 is 2.06 bits per heavy atom. The van der Waals surface area contributed by atoms with Crippen molar-refractivity contribution in [2.24, 2.45) is 17.3 Å². The fraction of sp³-hybridized carbons (Fsp3) is 0.652. The van der Waals surface area contributed by atoms with Crippen LogP contribution in [0.4, 0.5) is 9.80 Å². The first kappa shape index (κ1) is 21.8. The van der Waals surface area contributed by atoms with Crippen LogP contribution in [0.25, 0.3) is 0 Å². The number of hydrogen-bond acceptors (Lipinski definition) is 5. The second-order valence-electron chi connectivity index (χ2n) is 9.95. The van der Waals surface area contributed by atoms with Crippen molar-refractivity contribution in [2.45, 2.75) is 71.8 Å². The molecule has 4 rings (SSSR count). The van der Waals surface area contributed by atoms with E-state index in [4.69, 9.17) is 0 Å². The van der Waals surface area contributed by atoms with Gasteiger partial charge in [-0.25, -0.2) is 4.79 Å². The zero-order valence-corrected chi connectivity index (χ0v) is 19.4. The van der Waals surface area contributed by atoms with E-state index in [2.05, 4.69) is 37.5 Å². The molecule has 0 unspecified atom stereocenters. The Hall–Kier alpha value is -2.40. The van der Waals surface area contributed by atoms with Crippen LogP contribution in [-0.2, 0) is 22.4 Å². The number of thiophene rings is 1. The van der Waals surface area contributed by atoms with Crippen molar-refractivity contribution in [3.05, 3.63) is 16.0 Å². The van der Waals surface area contributed by atoms with Crippen molar-refractivity contribution in [2.75, 3.05) is 11.9 Å². The molecule has 8 heteroatoms. The molecule has 4 amide bonds. The lowest BCUT2D eigenvalue weighted by atomic mass is 9.69. The maximum atomic E-state index is 12.8. The molecule has 1 aliphatic heterocycles. The van der Waals surface area contributed by atoms with Crippen molar-refractivity contribution >= 4 is 34.2 Å². The minimum atomic E-state index is -0.904. The first-order valence-electron chi connectivity index (χ1n) is 11.1. The number of imide groups is 1. The highest BCUT2D eigenvalue weighted by molar-refractivity contribution is 7.16. The van der Waals surface area contributed by atoms with Crippen LogP contribution < -0.4 is 10.6 Å². The second-order valence-corrected chi connectivity index (χ2v) is 11.1. The van der Waals surface area contributed by atoms with Crippen molar-refractivity contribution in [3.63, 3.8) is 0 Å². The Morgan fingerprint density at radius 1 is 1.35 bits per heavy atom. The van der Waals surface area contributed by atoms with E-state index in [0.717, 1.165) is 49.0 Å². The van der Waals surface area contributed by atoms with Gasteiger partial charge in [0.25, 0.3) is 5.91 Å². The predicted molar refractivity (Wildman–Crippen MR) is 119 cm³/mol. The van der Waals surface area contributed by atoms with Crippen LogP contribution in [0, 0.1) is 28.6 Å². The molecule has 0 spiro atoms. The molecule has 0 radical (unpaired) electrons. The minimum absolute atomic E-state index is 0.145. The molecular formula is C23H30N4O3S. The highest BCUT2D eigenvalue weighted by Gasteiger charge is 2.56. The zero-order chi connectivity index (χ0) is 22.6. The summed E-state index contributed by atoms with van der Waals surface area (Å²) in [5.41, 5.74) is 0.900. The van der Waals surface area contributed by atoms with Crippen molar-refractivity contribution in [1.82, 2.24) is 10.2 Å². The molecule has 2 fully saturated rings. The fourth-order valence-electron chi connectivity index (χ4n) is 4.85. The summed E-state index contributed by atoms with van der Waals surface area (Å²) in [5.74, 6) is -0.105. The van der Waals surface area contributed by atoms with Gasteiger partial charge in [0.1, 0.15) is 23.2 Å². The molecule has 1 saturated heterocycles. The zero-order valence-electron chi connectivity index (χ0n) is 18.6. The number of rotatable bonds is 6. The number of carbonyl (C=O) groups is 3. The van der Waals surface area contributed by atoms with Gasteiger partial charge in [-0.2, -0.15) is 5.26 Å². The van der Waals surface area contributed by atoms with Gasteiger partial charge in [0.2, 0.25) is 5.91 Å². The molecule has 1 saturated carbocycles. The highest BCUT2D eigenvalue weighted by Crippen LogP contribution is 2.45. The topological polar surface area (TPSA) is 102 Å². The average molecular weight is 443 g/mol. The number of amides is 4. The number of hydrogen-bond donors (Lipinski definition) is 2. The Labute approximate surface area is 187 Å². The summed E-state index contributed by atoms with van der Waals surface area (Å²) < 4.78 is 0. The normalized spacial score (nSPS) is 25.8. The first-order valence-corrected chi connectivity index (χ1v) is 11.9. The Kier molecular flexibility index (Phi) is 5.37. The van der Waals surface area contributed by atoms with Crippen LogP contribution in [0.2, 0.25) is 0 Å². The van der Waals surface area contributed by atoms with Gasteiger partial charge in [-0.1, -0.05) is 27.2 Å². The number of nitrogens with zero attached hydrogens (tertiary/aromatic N) is 2. The molecule has 1 aromatic rings. The largest absolute Gasteiger partial charge is 0.325 e. The third-order valence-corrected chi connectivity index (χ3v) is 8.81. The Balaban J connectivity index is 1.48. The van der Waals surface area contributed by atoms with E-state index in [0.29, 0.717) is 16.5 Å². The summed E-state index contributed by atoms with van der Waals surface area (Å²) >= 11 is 1.46. The molecule has 2 N–H and O–H groups in total.